The van der Waals surface area contributed by atoms with Crippen LogP contribution in [0.15, 0.2) is 90.6 Å². The summed E-state index contributed by atoms with van der Waals surface area (Å²) in [7, 11) is 0. The fourth-order valence-electron chi connectivity index (χ4n) is 3.77. The van der Waals surface area contributed by atoms with Crippen LogP contribution in [-0.4, -0.2) is 12.2 Å². The van der Waals surface area contributed by atoms with Crippen LogP contribution >= 0.6 is 0 Å². The molecule has 3 nitrogen and oxygen atoms in total. The Morgan fingerprint density at radius 3 is 2.00 bits per heavy atom. The molecule has 0 N–H and O–H groups in total. The first-order chi connectivity index (χ1) is 14.4. The monoisotopic (exact) mass is 405 g/mol. The minimum Gasteiger partial charge on any atom is -0.263 e. The lowest BCUT2D eigenvalue weighted by Crippen LogP contribution is -2.50. The van der Waals surface area contributed by atoms with Gasteiger partial charge in [-0.3, -0.25) is 5.01 Å². The minimum absolute atomic E-state index is 0.0435. The average molecular weight is 405 g/mol. The lowest BCUT2D eigenvalue weighted by atomic mass is 9.97. The van der Waals surface area contributed by atoms with Crippen LogP contribution in [0.1, 0.15) is 11.1 Å². The average Bonchev–Trinajstić information content (AvgIpc) is 3.11. The first-order valence-corrected chi connectivity index (χ1v) is 9.39. The van der Waals surface area contributed by atoms with Crippen LogP contribution in [0.2, 0.25) is 0 Å². The summed E-state index contributed by atoms with van der Waals surface area (Å²) in [6.45, 7) is 1.86. The molecule has 0 aliphatic carbocycles. The van der Waals surface area contributed by atoms with Crippen molar-refractivity contribution >= 4 is 16.9 Å². The molecule has 0 spiro atoms. The molecule has 0 fully saturated rings. The van der Waals surface area contributed by atoms with Crippen molar-refractivity contribution in [3.63, 3.8) is 0 Å². The van der Waals surface area contributed by atoms with E-state index in [4.69, 9.17) is 0 Å². The van der Waals surface area contributed by atoms with Gasteiger partial charge in [0.25, 0.3) is 0 Å². The number of nitriles is 1. The number of nitrogens with zero attached hydrogens (tertiary/aromatic N) is 3. The van der Waals surface area contributed by atoms with E-state index in [1.807, 2.05) is 19.1 Å². The summed E-state index contributed by atoms with van der Waals surface area (Å²) in [6.07, 6.45) is -4.61. The molecule has 1 heterocycles. The maximum absolute atomic E-state index is 14.5. The maximum Gasteiger partial charge on any atom is 0.415 e. The predicted molar refractivity (Wildman–Crippen MR) is 111 cm³/mol. The van der Waals surface area contributed by atoms with Crippen molar-refractivity contribution in [1.82, 2.24) is 0 Å². The summed E-state index contributed by atoms with van der Waals surface area (Å²) in [6, 6.07) is 23.8. The number of allylic oxidation sites excluding steroid dienone is 1. The standard InChI is InChI=1S/C24H18F3N3/c1-17-9-8-14-20(15-17)29-21(16-28)22(18-10-4-2-5-11-18)23(24(25,26)27)30(29)19-12-6-3-7-13-19/h2-15,23H,1H3. The molecule has 6 heteroatoms. The minimum atomic E-state index is -4.61. The molecule has 1 aliphatic rings. The molecule has 30 heavy (non-hydrogen) atoms. The third-order valence-electron chi connectivity index (χ3n) is 4.97. The van der Waals surface area contributed by atoms with Crippen molar-refractivity contribution in [2.45, 2.75) is 19.1 Å². The van der Waals surface area contributed by atoms with E-state index >= 15 is 0 Å². The lowest BCUT2D eigenvalue weighted by Gasteiger charge is -2.37. The molecule has 3 aromatic carbocycles. The van der Waals surface area contributed by atoms with Crippen molar-refractivity contribution in [3.8, 4) is 6.07 Å². The van der Waals surface area contributed by atoms with Gasteiger partial charge in [0.1, 0.15) is 11.8 Å². The zero-order chi connectivity index (χ0) is 21.3. The molecular formula is C24H18F3N3. The van der Waals surface area contributed by atoms with E-state index in [0.717, 1.165) is 10.6 Å². The fourth-order valence-corrected chi connectivity index (χ4v) is 3.77. The second-order valence-electron chi connectivity index (χ2n) is 7.02. The number of halogens is 3. The highest BCUT2D eigenvalue weighted by atomic mass is 19.4. The highest BCUT2D eigenvalue weighted by Gasteiger charge is 2.54. The number of rotatable bonds is 3. The van der Waals surface area contributed by atoms with Crippen LogP contribution < -0.4 is 10.0 Å². The zero-order valence-corrected chi connectivity index (χ0v) is 16.1. The molecule has 4 rings (SSSR count). The maximum atomic E-state index is 14.5. The number of aryl methyl sites for hydroxylation is 1. The van der Waals surface area contributed by atoms with Crippen molar-refractivity contribution in [1.29, 1.82) is 5.26 Å². The first-order valence-electron chi connectivity index (χ1n) is 9.39. The number of anilines is 2. The largest absolute Gasteiger partial charge is 0.415 e. The molecule has 0 amide bonds. The molecule has 3 aromatic rings. The summed E-state index contributed by atoms with van der Waals surface area (Å²) in [5.41, 5.74) is 1.99. The first kappa shape index (κ1) is 19.6. The lowest BCUT2D eigenvalue weighted by molar-refractivity contribution is -0.134. The van der Waals surface area contributed by atoms with Gasteiger partial charge in [0, 0.05) is 5.57 Å². The van der Waals surface area contributed by atoms with Crippen LogP contribution in [0.5, 0.6) is 0 Å². The predicted octanol–water partition coefficient (Wildman–Crippen LogP) is 6.10. The molecule has 0 saturated carbocycles. The van der Waals surface area contributed by atoms with E-state index in [0.29, 0.717) is 16.9 Å². The molecule has 0 bridgehead atoms. The van der Waals surface area contributed by atoms with Gasteiger partial charge in [0.05, 0.1) is 11.4 Å². The van der Waals surface area contributed by atoms with E-state index in [9.17, 15) is 18.4 Å². The highest BCUT2D eigenvalue weighted by molar-refractivity contribution is 5.89. The smallest absolute Gasteiger partial charge is 0.263 e. The van der Waals surface area contributed by atoms with E-state index in [1.165, 1.54) is 5.01 Å². The van der Waals surface area contributed by atoms with Gasteiger partial charge in [0.2, 0.25) is 0 Å². The van der Waals surface area contributed by atoms with Gasteiger partial charge < -0.3 is 0 Å². The van der Waals surface area contributed by atoms with Crippen LogP contribution in [-0.2, 0) is 0 Å². The molecule has 1 aliphatic heterocycles. The second-order valence-corrected chi connectivity index (χ2v) is 7.02. The summed E-state index contributed by atoms with van der Waals surface area (Å²) in [5, 5.41) is 12.5. The van der Waals surface area contributed by atoms with Crippen LogP contribution in [0.3, 0.4) is 0 Å². The molecule has 0 aromatic heterocycles. The molecule has 1 unspecified atom stereocenters. The van der Waals surface area contributed by atoms with E-state index in [-0.39, 0.29) is 11.3 Å². The van der Waals surface area contributed by atoms with Gasteiger partial charge in [-0.1, -0.05) is 60.7 Å². The van der Waals surface area contributed by atoms with Crippen LogP contribution in [0.25, 0.3) is 5.57 Å². The molecular weight excluding hydrogens is 387 g/mol. The molecule has 1 atom stereocenters. The summed E-state index contributed by atoms with van der Waals surface area (Å²) < 4.78 is 43.5. The fraction of sp³-hybridized carbons (Fsp3) is 0.125. The van der Waals surface area contributed by atoms with Gasteiger partial charge in [-0.05, 0) is 42.3 Å². The summed E-state index contributed by atoms with van der Waals surface area (Å²) in [4.78, 5) is 0. The second kappa shape index (κ2) is 7.60. The Morgan fingerprint density at radius 1 is 0.833 bits per heavy atom. The van der Waals surface area contributed by atoms with E-state index in [2.05, 4.69) is 0 Å². The van der Waals surface area contributed by atoms with Crippen LogP contribution in [0.4, 0.5) is 24.5 Å². The van der Waals surface area contributed by atoms with Gasteiger partial charge in [-0.2, -0.15) is 18.4 Å². The number of para-hydroxylation sites is 1. The Hall–Kier alpha value is -3.72. The third-order valence-corrected chi connectivity index (χ3v) is 4.97. The number of alkyl halides is 3. The topological polar surface area (TPSA) is 30.3 Å². The Labute approximate surface area is 172 Å². The Morgan fingerprint density at radius 2 is 1.43 bits per heavy atom. The molecule has 0 saturated heterocycles. The number of hydrazine groups is 1. The van der Waals surface area contributed by atoms with Crippen LogP contribution in [0, 0.1) is 18.3 Å². The number of hydrogen-bond donors (Lipinski definition) is 0. The molecule has 150 valence electrons. The number of benzene rings is 3. The third kappa shape index (κ3) is 3.39. The van der Waals surface area contributed by atoms with Gasteiger partial charge in [-0.25, -0.2) is 5.01 Å². The summed E-state index contributed by atoms with van der Waals surface area (Å²) in [5.74, 6) is 0. The normalized spacial score (nSPS) is 16.7. The van der Waals surface area contributed by atoms with Crippen molar-refractivity contribution < 1.29 is 13.2 Å². The molecule has 0 radical (unpaired) electrons. The Bertz CT molecular complexity index is 1120. The zero-order valence-electron chi connectivity index (χ0n) is 16.1. The number of hydrogen-bond acceptors (Lipinski definition) is 3. The SMILES string of the molecule is Cc1cccc(N2C(C#N)=C(c3ccccc3)C(C(F)(F)F)N2c2ccccc2)c1. The highest BCUT2D eigenvalue weighted by Crippen LogP contribution is 2.47. The van der Waals surface area contributed by atoms with E-state index < -0.39 is 12.2 Å². The Balaban J connectivity index is 2.03. The van der Waals surface area contributed by atoms with Gasteiger partial charge in [-0.15, -0.1) is 0 Å². The van der Waals surface area contributed by atoms with Crippen molar-refractivity contribution in [2.75, 3.05) is 10.0 Å². The quantitative estimate of drug-likeness (QED) is 0.527. The van der Waals surface area contributed by atoms with Gasteiger partial charge >= 0.3 is 6.18 Å². The van der Waals surface area contributed by atoms with E-state index in [1.54, 1.807) is 78.9 Å². The Kier molecular flexibility index (Phi) is 4.96. The van der Waals surface area contributed by atoms with Crippen molar-refractivity contribution in [2.24, 2.45) is 0 Å². The van der Waals surface area contributed by atoms with Crippen molar-refractivity contribution in [3.05, 3.63) is 102 Å². The summed E-state index contributed by atoms with van der Waals surface area (Å²) >= 11 is 0. The van der Waals surface area contributed by atoms with Gasteiger partial charge in [0.15, 0.2) is 6.04 Å².